The van der Waals surface area contributed by atoms with Gasteiger partial charge in [-0.05, 0) is 12.3 Å². The van der Waals surface area contributed by atoms with E-state index < -0.39 is 6.04 Å². The number of hydrogen-bond acceptors (Lipinski definition) is 3. The second-order valence-corrected chi connectivity index (χ2v) is 3.15. The molecule has 1 rings (SSSR count). The van der Waals surface area contributed by atoms with Crippen molar-refractivity contribution in [2.75, 3.05) is 0 Å². The summed E-state index contributed by atoms with van der Waals surface area (Å²) in [5.41, 5.74) is 7.60. The summed E-state index contributed by atoms with van der Waals surface area (Å²) in [5, 5.41) is 0. The van der Waals surface area contributed by atoms with Crippen LogP contribution in [0.3, 0.4) is 0 Å². The number of hydrogen-bond donors (Lipinski definition) is 3. The molecule has 1 aliphatic rings. The van der Waals surface area contributed by atoms with Crippen LogP contribution in [0, 0.1) is 5.92 Å². The topological polar surface area (TPSA) is 81.1 Å². The number of rotatable bonds is 3. The van der Waals surface area contributed by atoms with Crippen LogP contribution in [0.15, 0.2) is 0 Å². The van der Waals surface area contributed by atoms with E-state index in [0.29, 0.717) is 5.92 Å². The minimum atomic E-state index is -0.412. The van der Waals surface area contributed by atoms with Crippen LogP contribution in [0.2, 0.25) is 0 Å². The summed E-state index contributed by atoms with van der Waals surface area (Å²) in [6.07, 6.45) is 4.49. The Morgan fingerprint density at radius 2 is 2.27 bits per heavy atom. The van der Waals surface area contributed by atoms with Crippen molar-refractivity contribution in [2.24, 2.45) is 17.5 Å². The minimum absolute atomic E-state index is 0.253. The molecule has 1 fully saturated rings. The molecule has 11 heavy (non-hydrogen) atoms. The Morgan fingerprint density at radius 3 is 2.64 bits per heavy atom. The summed E-state index contributed by atoms with van der Waals surface area (Å²) in [5.74, 6) is 5.33. The molecule has 0 radical (unpaired) electrons. The van der Waals surface area contributed by atoms with Crippen molar-refractivity contribution in [3.8, 4) is 0 Å². The Kier molecular flexibility index (Phi) is 2.84. The van der Waals surface area contributed by atoms with Gasteiger partial charge < -0.3 is 5.73 Å². The van der Waals surface area contributed by atoms with Crippen LogP contribution in [0.4, 0.5) is 0 Å². The number of nitrogens with two attached hydrogens (primary N) is 2. The quantitative estimate of drug-likeness (QED) is 0.293. The van der Waals surface area contributed by atoms with Crippen LogP contribution < -0.4 is 17.0 Å². The molecule has 0 spiro atoms. The highest BCUT2D eigenvalue weighted by atomic mass is 16.2. The van der Waals surface area contributed by atoms with Crippen molar-refractivity contribution in [1.29, 1.82) is 0 Å². The maximum absolute atomic E-state index is 10.8. The molecular weight excluding hydrogens is 142 g/mol. The highest BCUT2D eigenvalue weighted by Crippen LogP contribution is 2.29. The highest BCUT2D eigenvalue weighted by Gasteiger charge is 2.23. The lowest BCUT2D eigenvalue weighted by Gasteiger charge is -2.27. The number of amides is 1. The highest BCUT2D eigenvalue weighted by molar-refractivity contribution is 5.80. The molecule has 0 aromatic rings. The zero-order chi connectivity index (χ0) is 8.27. The predicted molar refractivity (Wildman–Crippen MR) is 42.3 cm³/mol. The average molecular weight is 157 g/mol. The van der Waals surface area contributed by atoms with E-state index in [0.717, 1.165) is 6.42 Å². The van der Waals surface area contributed by atoms with Crippen LogP contribution in [0.1, 0.15) is 25.7 Å². The maximum Gasteiger partial charge on any atom is 0.250 e. The SMILES string of the molecule is NNC(=O)C(N)CC1CCC1. The smallest absolute Gasteiger partial charge is 0.250 e. The first kappa shape index (κ1) is 8.49. The van der Waals surface area contributed by atoms with Crippen molar-refractivity contribution in [3.63, 3.8) is 0 Å². The molecule has 64 valence electrons. The van der Waals surface area contributed by atoms with Gasteiger partial charge in [-0.3, -0.25) is 10.2 Å². The number of nitrogens with one attached hydrogen (secondary N) is 1. The zero-order valence-corrected chi connectivity index (χ0v) is 6.55. The van der Waals surface area contributed by atoms with Gasteiger partial charge in [0, 0.05) is 0 Å². The third kappa shape index (κ3) is 2.17. The van der Waals surface area contributed by atoms with Crippen molar-refractivity contribution in [1.82, 2.24) is 5.43 Å². The van der Waals surface area contributed by atoms with E-state index in [1.54, 1.807) is 0 Å². The standard InChI is InChI=1S/C7H15N3O/c8-6(7(11)10-9)4-5-2-1-3-5/h5-6H,1-4,8-9H2,(H,10,11). The zero-order valence-electron chi connectivity index (χ0n) is 6.55. The summed E-state index contributed by atoms with van der Waals surface area (Å²) < 4.78 is 0. The summed E-state index contributed by atoms with van der Waals surface area (Å²) in [6, 6.07) is -0.412. The van der Waals surface area contributed by atoms with Crippen LogP contribution in [-0.4, -0.2) is 11.9 Å². The van der Waals surface area contributed by atoms with Crippen molar-refractivity contribution in [3.05, 3.63) is 0 Å². The van der Waals surface area contributed by atoms with E-state index in [1.165, 1.54) is 19.3 Å². The van der Waals surface area contributed by atoms with E-state index in [2.05, 4.69) is 5.43 Å². The molecule has 1 atom stereocenters. The van der Waals surface area contributed by atoms with Gasteiger partial charge in [0.2, 0.25) is 0 Å². The molecule has 0 aromatic carbocycles. The fourth-order valence-corrected chi connectivity index (χ4v) is 1.30. The summed E-state index contributed by atoms with van der Waals surface area (Å²) in [4.78, 5) is 10.8. The van der Waals surface area contributed by atoms with Gasteiger partial charge in [-0.25, -0.2) is 5.84 Å². The van der Waals surface area contributed by atoms with Crippen LogP contribution in [0.25, 0.3) is 0 Å². The third-order valence-corrected chi connectivity index (χ3v) is 2.29. The van der Waals surface area contributed by atoms with E-state index in [-0.39, 0.29) is 5.91 Å². The molecule has 0 saturated heterocycles. The van der Waals surface area contributed by atoms with Crippen molar-refractivity contribution in [2.45, 2.75) is 31.7 Å². The van der Waals surface area contributed by atoms with Gasteiger partial charge in [-0.15, -0.1) is 0 Å². The monoisotopic (exact) mass is 157 g/mol. The second kappa shape index (κ2) is 3.69. The minimum Gasteiger partial charge on any atom is -0.320 e. The summed E-state index contributed by atoms with van der Waals surface area (Å²) in [7, 11) is 0. The fourth-order valence-electron chi connectivity index (χ4n) is 1.30. The van der Waals surface area contributed by atoms with Crippen LogP contribution >= 0.6 is 0 Å². The van der Waals surface area contributed by atoms with Crippen LogP contribution in [-0.2, 0) is 4.79 Å². The molecule has 0 aliphatic heterocycles. The molecule has 0 aromatic heterocycles. The van der Waals surface area contributed by atoms with Crippen molar-refractivity contribution >= 4 is 5.91 Å². The molecule has 0 bridgehead atoms. The molecular formula is C7H15N3O. The number of carbonyl (C=O) groups excluding carboxylic acids is 1. The van der Waals surface area contributed by atoms with E-state index in [1.807, 2.05) is 0 Å². The maximum atomic E-state index is 10.8. The Bertz CT molecular complexity index is 145. The number of carbonyl (C=O) groups is 1. The summed E-state index contributed by atoms with van der Waals surface area (Å²) in [6.45, 7) is 0. The number of hydrazine groups is 1. The average Bonchev–Trinajstić information content (AvgIpc) is 1.94. The molecule has 1 aliphatic carbocycles. The van der Waals surface area contributed by atoms with Gasteiger partial charge in [0.05, 0.1) is 6.04 Å². The Balaban J connectivity index is 2.18. The van der Waals surface area contributed by atoms with E-state index in [4.69, 9.17) is 11.6 Å². The van der Waals surface area contributed by atoms with E-state index >= 15 is 0 Å². The molecule has 1 unspecified atom stereocenters. The lowest BCUT2D eigenvalue weighted by molar-refractivity contribution is -0.122. The van der Waals surface area contributed by atoms with Gasteiger partial charge in [0.25, 0.3) is 5.91 Å². The Morgan fingerprint density at radius 1 is 1.64 bits per heavy atom. The largest absolute Gasteiger partial charge is 0.320 e. The second-order valence-electron chi connectivity index (χ2n) is 3.15. The van der Waals surface area contributed by atoms with Gasteiger partial charge in [-0.2, -0.15) is 0 Å². The fraction of sp³-hybridized carbons (Fsp3) is 0.857. The molecule has 1 amide bonds. The Labute approximate surface area is 66.3 Å². The van der Waals surface area contributed by atoms with Gasteiger partial charge in [0.1, 0.15) is 0 Å². The molecule has 0 heterocycles. The Hall–Kier alpha value is -0.610. The third-order valence-electron chi connectivity index (χ3n) is 2.29. The van der Waals surface area contributed by atoms with Gasteiger partial charge in [-0.1, -0.05) is 19.3 Å². The molecule has 4 heteroatoms. The lowest BCUT2D eigenvalue weighted by Crippen LogP contribution is -2.45. The van der Waals surface area contributed by atoms with E-state index in [9.17, 15) is 4.79 Å². The molecule has 4 nitrogen and oxygen atoms in total. The summed E-state index contributed by atoms with van der Waals surface area (Å²) >= 11 is 0. The van der Waals surface area contributed by atoms with Gasteiger partial charge >= 0.3 is 0 Å². The molecule has 1 saturated carbocycles. The van der Waals surface area contributed by atoms with Crippen LogP contribution in [0.5, 0.6) is 0 Å². The molecule has 5 N–H and O–H groups in total. The van der Waals surface area contributed by atoms with Gasteiger partial charge in [0.15, 0.2) is 0 Å². The first-order chi connectivity index (χ1) is 5.24. The van der Waals surface area contributed by atoms with Crippen molar-refractivity contribution < 1.29 is 4.79 Å². The lowest BCUT2D eigenvalue weighted by atomic mass is 9.81. The predicted octanol–water partition coefficient (Wildman–Crippen LogP) is -0.506. The normalized spacial score (nSPS) is 20.5. The first-order valence-electron chi connectivity index (χ1n) is 4.00. The first-order valence-corrected chi connectivity index (χ1v) is 4.00.